The largest absolute Gasteiger partial charge is 0.448 e. The molecule has 1 aromatic heterocycles. The number of hydrogen-bond acceptors (Lipinski definition) is 3. The van der Waals surface area contributed by atoms with E-state index >= 15 is 0 Å². The van der Waals surface area contributed by atoms with Crippen LogP contribution >= 0.6 is 0 Å². The number of nitrogens with zero attached hydrogens (tertiary/aromatic N) is 1. The van der Waals surface area contributed by atoms with Crippen LogP contribution in [0.1, 0.15) is 24.1 Å². The topological polar surface area (TPSA) is 46.3 Å². The molecule has 4 heteroatoms. The SMILES string of the molecule is CC(O)Cc1coc(Cc2cccc(F)c2)n1. The van der Waals surface area contributed by atoms with E-state index in [0.717, 1.165) is 5.56 Å². The van der Waals surface area contributed by atoms with Crippen LogP contribution in [0.5, 0.6) is 0 Å². The molecular formula is C13H14FNO2. The molecule has 90 valence electrons. The summed E-state index contributed by atoms with van der Waals surface area (Å²) in [6, 6.07) is 6.34. The van der Waals surface area contributed by atoms with Gasteiger partial charge in [-0.25, -0.2) is 9.37 Å². The highest BCUT2D eigenvalue weighted by molar-refractivity contribution is 5.19. The van der Waals surface area contributed by atoms with Crippen LogP contribution < -0.4 is 0 Å². The number of aliphatic hydroxyl groups excluding tert-OH is 1. The molecule has 0 aliphatic carbocycles. The Kier molecular flexibility index (Phi) is 3.54. The van der Waals surface area contributed by atoms with Gasteiger partial charge in [0.25, 0.3) is 0 Å². The first-order chi connectivity index (χ1) is 8.13. The summed E-state index contributed by atoms with van der Waals surface area (Å²) in [5.74, 6) is 0.268. The number of aliphatic hydroxyl groups is 1. The Balaban J connectivity index is 2.06. The molecule has 1 N–H and O–H groups in total. The van der Waals surface area contributed by atoms with Gasteiger partial charge in [-0.05, 0) is 24.6 Å². The van der Waals surface area contributed by atoms with E-state index < -0.39 is 6.10 Å². The van der Waals surface area contributed by atoms with Crippen molar-refractivity contribution in [3.05, 3.63) is 53.5 Å². The highest BCUT2D eigenvalue weighted by atomic mass is 19.1. The summed E-state index contributed by atoms with van der Waals surface area (Å²) in [7, 11) is 0. The minimum atomic E-state index is -0.442. The molecule has 1 heterocycles. The molecule has 0 fully saturated rings. The minimum absolute atomic E-state index is 0.265. The third kappa shape index (κ3) is 3.39. The number of rotatable bonds is 4. The van der Waals surface area contributed by atoms with E-state index in [1.54, 1.807) is 13.0 Å². The van der Waals surface area contributed by atoms with Crippen molar-refractivity contribution in [2.24, 2.45) is 0 Å². The van der Waals surface area contributed by atoms with Crippen LogP contribution in [0.25, 0.3) is 0 Å². The zero-order valence-electron chi connectivity index (χ0n) is 9.56. The summed E-state index contributed by atoms with van der Waals surface area (Å²) < 4.78 is 18.2. The molecular weight excluding hydrogens is 221 g/mol. The number of halogens is 1. The first-order valence-corrected chi connectivity index (χ1v) is 5.49. The second-order valence-corrected chi connectivity index (χ2v) is 4.09. The fraction of sp³-hybridized carbons (Fsp3) is 0.308. The number of benzene rings is 1. The summed E-state index contributed by atoms with van der Waals surface area (Å²) in [4.78, 5) is 4.23. The molecule has 2 aromatic rings. The van der Waals surface area contributed by atoms with Gasteiger partial charge in [0.15, 0.2) is 5.89 Å². The predicted octanol–water partition coefficient (Wildman–Crippen LogP) is 2.33. The van der Waals surface area contributed by atoms with Crippen LogP contribution in [0.3, 0.4) is 0 Å². The second-order valence-electron chi connectivity index (χ2n) is 4.09. The van der Waals surface area contributed by atoms with Crippen LogP contribution in [0, 0.1) is 5.82 Å². The molecule has 1 aromatic carbocycles. The first-order valence-electron chi connectivity index (χ1n) is 5.49. The molecule has 0 saturated heterocycles. The van der Waals surface area contributed by atoms with Gasteiger partial charge < -0.3 is 9.52 Å². The van der Waals surface area contributed by atoms with Crippen LogP contribution in [0.15, 0.2) is 34.9 Å². The molecule has 1 unspecified atom stereocenters. The van der Waals surface area contributed by atoms with Crippen molar-refractivity contribution >= 4 is 0 Å². The lowest BCUT2D eigenvalue weighted by atomic mass is 10.1. The fourth-order valence-electron chi connectivity index (χ4n) is 1.65. The maximum atomic E-state index is 13.0. The Hall–Kier alpha value is -1.68. The molecule has 17 heavy (non-hydrogen) atoms. The van der Waals surface area contributed by atoms with Crippen molar-refractivity contribution in [2.45, 2.75) is 25.9 Å². The van der Waals surface area contributed by atoms with E-state index in [9.17, 15) is 9.50 Å². The van der Waals surface area contributed by atoms with Crippen molar-refractivity contribution in [1.82, 2.24) is 4.98 Å². The van der Waals surface area contributed by atoms with Crippen molar-refractivity contribution in [3.8, 4) is 0 Å². The number of oxazole rings is 1. The van der Waals surface area contributed by atoms with Gasteiger partial charge in [-0.3, -0.25) is 0 Å². The van der Waals surface area contributed by atoms with Crippen LogP contribution in [-0.4, -0.2) is 16.2 Å². The van der Waals surface area contributed by atoms with Gasteiger partial charge in [0, 0.05) is 12.8 Å². The maximum absolute atomic E-state index is 13.0. The fourth-order valence-corrected chi connectivity index (χ4v) is 1.65. The Morgan fingerprint density at radius 3 is 3.00 bits per heavy atom. The standard InChI is InChI=1S/C13H14FNO2/c1-9(16)5-12-8-17-13(15-12)7-10-3-2-4-11(14)6-10/h2-4,6,8-9,16H,5,7H2,1H3. The average molecular weight is 235 g/mol. The first kappa shape index (κ1) is 11.8. The van der Waals surface area contributed by atoms with Crippen molar-refractivity contribution < 1.29 is 13.9 Å². The van der Waals surface area contributed by atoms with Crippen molar-refractivity contribution in [2.75, 3.05) is 0 Å². The van der Waals surface area contributed by atoms with E-state index in [2.05, 4.69) is 4.98 Å². The van der Waals surface area contributed by atoms with Gasteiger partial charge in [0.1, 0.15) is 12.1 Å². The summed E-state index contributed by atoms with van der Waals surface area (Å²) in [5.41, 5.74) is 1.53. The number of hydrogen-bond donors (Lipinski definition) is 1. The zero-order valence-corrected chi connectivity index (χ0v) is 9.56. The van der Waals surface area contributed by atoms with Crippen LogP contribution in [-0.2, 0) is 12.8 Å². The van der Waals surface area contributed by atoms with E-state index in [0.29, 0.717) is 24.4 Å². The molecule has 1 atom stereocenters. The van der Waals surface area contributed by atoms with E-state index in [-0.39, 0.29) is 5.82 Å². The van der Waals surface area contributed by atoms with E-state index in [1.165, 1.54) is 18.4 Å². The average Bonchev–Trinajstić information content (AvgIpc) is 2.64. The molecule has 0 bridgehead atoms. The summed E-state index contributed by atoms with van der Waals surface area (Å²) in [6.07, 6.45) is 2.01. The Labute approximate surface area is 98.9 Å². The molecule has 3 nitrogen and oxygen atoms in total. The maximum Gasteiger partial charge on any atom is 0.198 e. The molecule has 0 amide bonds. The summed E-state index contributed by atoms with van der Waals surface area (Å²) in [5, 5.41) is 9.21. The van der Waals surface area contributed by atoms with Crippen LogP contribution in [0.2, 0.25) is 0 Å². The number of aromatic nitrogens is 1. The minimum Gasteiger partial charge on any atom is -0.448 e. The molecule has 2 rings (SSSR count). The van der Waals surface area contributed by atoms with Gasteiger partial charge in [-0.1, -0.05) is 12.1 Å². The van der Waals surface area contributed by atoms with Crippen molar-refractivity contribution in [3.63, 3.8) is 0 Å². The Morgan fingerprint density at radius 1 is 1.47 bits per heavy atom. The molecule has 0 aliphatic heterocycles. The van der Waals surface area contributed by atoms with E-state index in [4.69, 9.17) is 4.42 Å². The van der Waals surface area contributed by atoms with Gasteiger partial charge in [0.2, 0.25) is 0 Å². The Bertz CT molecular complexity index is 494. The third-order valence-corrected chi connectivity index (χ3v) is 2.35. The van der Waals surface area contributed by atoms with Gasteiger partial charge in [-0.2, -0.15) is 0 Å². The molecule has 0 radical (unpaired) electrons. The smallest absolute Gasteiger partial charge is 0.198 e. The van der Waals surface area contributed by atoms with Gasteiger partial charge in [-0.15, -0.1) is 0 Å². The molecule has 0 aliphatic rings. The highest BCUT2D eigenvalue weighted by Gasteiger charge is 2.07. The lowest BCUT2D eigenvalue weighted by Gasteiger charge is -1.98. The lowest BCUT2D eigenvalue weighted by Crippen LogP contribution is -2.04. The lowest BCUT2D eigenvalue weighted by molar-refractivity contribution is 0.194. The second kappa shape index (κ2) is 5.10. The summed E-state index contributed by atoms with van der Waals surface area (Å²) >= 11 is 0. The normalized spacial score (nSPS) is 12.6. The van der Waals surface area contributed by atoms with Crippen molar-refractivity contribution in [1.29, 1.82) is 0 Å². The molecule has 0 saturated carbocycles. The third-order valence-electron chi connectivity index (χ3n) is 2.35. The van der Waals surface area contributed by atoms with Gasteiger partial charge >= 0.3 is 0 Å². The predicted molar refractivity (Wildman–Crippen MR) is 61.1 cm³/mol. The quantitative estimate of drug-likeness (QED) is 0.884. The van der Waals surface area contributed by atoms with Gasteiger partial charge in [0.05, 0.1) is 11.8 Å². The zero-order chi connectivity index (χ0) is 12.3. The van der Waals surface area contributed by atoms with E-state index in [1.807, 2.05) is 6.07 Å². The Morgan fingerprint density at radius 2 is 2.29 bits per heavy atom. The monoisotopic (exact) mass is 235 g/mol. The summed E-state index contributed by atoms with van der Waals surface area (Å²) in [6.45, 7) is 1.70. The van der Waals surface area contributed by atoms with Crippen LogP contribution in [0.4, 0.5) is 4.39 Å². The highest BCUT2D eigenvalue weighted by Crippen LogP contribution is 2.11. The molecule has 0 spiro atoms.